The van der Waals surface area contributed by atoms with Crippen molar-refractivity contribution in [3.63, 3.8) is 0 Å². The molecule has 1 fully saturated rings. The van der Waals surface area contributed by atoms with Gasteiger partial charge in [-0.1, -0.05) is 11.6 Å². The molecule has 1 saturated heterocycles. The van der Waals surface area contributed by atoms with Crippen molar-refractivity contribution < 1.29 is 16.8 Å². The Hall–Kier alpha value is -1.48. The molecule has 3 rings (SSSR count). The predicted octanol–water partition coefficient (Wildman–Crippen LogP) is 1.46. The summed E-state index contributed by atoms with van der Waals surface area (Å²) in [6.45, 7) is 0.370. The van der Waals surface area contributed by atoms with Gasteiger partial charge in [-0.05, 0) is 42.0 Å². The van der Waals surface area contributed by atoms with Gasteiger partial charge in [-0.2, -0.15) is 0 Å². The minimum absolute atomic E-state index is 0.0784. The lowest BCUT2D eigenvalue weighted by molar-refractivity contribution is 0.526. The van der Waals surface area contributed by atoms with E-state index in [2.05, 4.69) is 10.3 Å². The molecule has 2 unspecified atom stereocenters. The SMILES string of the molecule is O=S1(=O)CC(NCc2ccncc2)C(S(=O)(=O)c2ccc(Cl)cc2)C1. The van der Waals surface area contributed by atoms with Crippen molar-refractivity contribution in [3.8, 4) is 0 Å². The predicted molar refractivity (Wildman–Crippen MR) is 95.9 cm³/mol. The maximum Gasteiger partial charge on any atom is 0.183 e. The van der Waals surface area contributed by atoms with E-state index in [0.29, 0.717) is 11.6 Å². The van der Waals surface area contributed by atoms with Gasteiger partial charge in [0.2, 0.25) is 0 Å². The third-order valence-electron chi connectivity index (χ3n) is 4.16. The van der Waals surface area contributed by atoms with E-state index < -0.39 is 31.0 Å². The van der Waals surface area contributed by atoms with Gasteiger partial charge in [-0.15, -0.1) is 0 Å². The van der Waals surface area contributed by atoms with Gasteiger partial charge in [0.1, 0.15) is 0 Å². The molecule has 9 heteroatoms. The van der Waals surface area contributed by atoms with Crippen LogP contribution in [0.3, 0.4) is 0 Å². The van der Waals surface area contributed by atoms with Crippen molar-refractivity contribution in [2.24, 2.45) is 0 Å². The van der Waals surface area contributed by atoms with Crippen LogP contribution in [-0.2, 0) is 26.2 Å². The van der Waals surface area contributed by atoms with Crippen molar-refractivity contribution >= 4 is 31.3 Å². The van der Waals surface area contributed by atoms with Gasteiger partial charge >= 0.3 is 0 Å². The van der Waals surface area contributed by atoms with Crippen LogP contribution in [0.1, 0.15) is 5.56 Å². The smallest absolute Gasteiger partial charge is 0.183 e. The highest BCUT2D eigenvalue weighted by Gasteiger charge is 2.45. The fraction of sp³-hybridized carbons (Fsp3) is 0.312. The van der Waals surface area contributed by atoms with Gasteiger partial charge in [0.05, 0.1) is 21.7 Å². The molecule has 0 spiro atoms. The number of benzene rings is 1. The number of hydrogen-bond donors (Lipinski definition) is 1. The Bertz CT molecular complexity index is 945. The third kappa shape index (κ3) is 4.20. The Kier molecular flexibility index (Phi) is 5.15. The van der Waals surface area contributed by atoms with E-state index in [9.17, 15) is 16.8 Å². The van der Waals surface area contributed by atoms with Crippen molar-refractivity contribution in [1.29, 1.82) is 0 Å². The summed E-state index contributed by atoms with van der Waals surface area (Å²) in [6, 6.07) is 8.69. The van der Waals surface area contributed by atoms with Crippen LogP contribution < -0.4 is 5.32 Å². The Balaban J connectivity index is 1.85. The summed E-state index contributed by atoms with van der Waals surface area (Å²) in [5.74, 6) is -0.582. The molecule has 0 saturated carbocycles. The molecule has 2 aromatic rings. The molecule has 2 heterocycles. The van der Waals surface area contributed by atoms with Crippen molar-refractivity contribution in [3.05, 3.63) is 59.4 Å². The van der Waals surface area contributed by atoms with Gasteiger partial charge in [0.25, 0.3) is 0 Å². The maximum atomic E-state index is 12.9. The van der Waals surface area contributed by atoms with Crippen molar-refractivity contribution in [2.75, 3.05) is 11.5 Å². The van der Waals surface area contributed by atoms with Crippen molar-refractivity contribution in [1.82, 2.24) is 10.3 Å². The zero-order valence-electron chi connectivity index (χ0n) is 13.2. The number of nitrogens with zero attached hydrogens (tertiary/aromatic N) is 1. The molecule has 0 bridgehead atoms. The molecule has 25 heavy (non-hydrogen) atoms. The van der Waals surface area contributed by atoms with E-state index >= 15 is 0 Å². The lowest BCUT2D eigenvalue weighted by atomic mass is 10.2. The molecule has 1 aliphatic rings. The second-order valence-corrected chi connectivity index (χ2v) is 10.7. The van der Waals surface area contributed by atoms with Crippen LogP contribution in [-0.4, -0.2) is 44.6 Å². The molecular formula is C16H17ClN2O4S2. The monoisotopic (exact) mass is 400 g/mol. The van der Waals surface area contributed by atoms with Gasteiger partial charge in [-0.25, -0.2) is 16.8 Å². The second-order valence-electron chi connectivity index (χ2n) is 5.96. The molecule has 2 atom stereocenters. The van der Waals surface area contributed by atoms with Gasteiger partial charge in [0.15, 0.2) is 19.7 Å². The van der Waals surface area contributed by atoms with Gasteiger partial charge in [-0.3, -0.25) is 4.98 Å². The number of rotatable bonds is 5. The minimum Gasteiger partial charge on any atom is -0.308 e. The topological polar surface area (TPSA) is 93.2 Å². The van der Waals surface area contributed by atoms with E-state index in [1.165, 1.54) is 24.3 Å². The van der Waals surface area contributed by atoms with E-state index in [4.69, 9.17) is 11.6 Å². The fourth-order valence-corrected chi connectivity index (χ4v) is 7.70. The number of nitrogens with one attached hydrogen (secondary N) is 1. The highest BCUT2D eigenvalue weighted by atomic mass is 35.5. The summed E-state index contributed by atoms with van der Waals surface area (Å²) >= 11 is 5.80. The Morgan fingerprint density at radius 3 is 2.36 bits per heavy atom. The zero-order chi connectivity index (χ0) is 18.1. The third-order valence-corrected chi connectivity index (χ3v) is 8.58. The van der Waals surface area contributed by atoms with Crippen LogP contribution in [0.25, 0.3) is 0 Å². The summed E-state index contributed by atoms with van der Waals surface area (Å²) in [7, 11) is -7.22. The minimum atomic E-state index is -3.79. The number of halogens is 1. The number of pyridine rings is 1. The average molecular weight is 401 g/mol. The average Bonchev–Trinajstić information content (AvgIpc) is 2.90. The highest BCUT2D eigenvalue weighted by Crippen LogP contribution is 2.27. The molecular weight excluding hydrogens is 384 g/mol. The van der Waals surface area contributed by atoms with Crippen LogP contribution in [0.4, 0.5) is 0 Å². The quantitative estimate of drug-likeness (QED) is 0.816. The molecule has 0 radical (unpaired) electrons. The first-order valence-corrected chi connectivity index (χ1v) is 11.3. The number of hydrogen-bond acceptors (Lipinski definition) is 6. The van der Waals surface area contributed by atoms with Gasteiger partial charge < -0.3 is 5.32 Å². The fourth-order valence-electron chi connectivity index (χ4n) is 2.86. The first-order valence-electron chi connectivity index (χ1n) is 7.60. The van der Waals surface area contributed by atoms with E-state index in [1.54, 1.807) is 24.5 Å². The molecule has 1 aromatic heterocycles. The van der Waals surface area contributed by atoms with Crippen LogP contribution in [0, 0.1) is 0 Å². The summed E-state index contributed by atoms with van der Waals surface area (Å²) in [4.78, 5) is 4.00. The maximum absolute atomic E-state index is 12.9. The standard InChI is InChI=1S/C16H17ClN2O4S2/c17-13-1-3-14(4-2-13)25(22,23)16-11-24(20,21)10-15(16)19-9-12-5-7-18-8-6-12/h1-8,15-16,19H,9-11H2. The van der Waals surface area contributed by atoms with Gasteiger partial charge in [0, 0.05) is 30.0 Å². The van der Waals surface area contributed by atoms with E-state index in [1.807, 2.05) is 0 Å². The largest absolute Gasteiger partial charge is 0.308 e. The molecule has 0 amide bonds. The van der Waals surface area contributed by atoms with Crippen LogP contribution in [0.5, 0.6) is 0 Å². The summed E-state index contributed by atoms with van der Waals surface area (Å²) < 4.78 is 49.9. The first kappa shape index (κ1) is 18.3. The van der Waals surface area contributed by atoms with E-state index in [0.717, 1.165) is 5.56 Å². The Labute approximate surface area is 152 Å². The molecule has 1 aromatic carbocycles. The summed E-state index contributed by atoms with van der Waals surface area (Å²) in [5, 5.41) is 2.47. The first-order chi connectivity index (χ1) is 11.8. The number of sulfone groups is 2. The number of aromatic nitrogens is 1. The second kappa shape index (κ2) is 7.03. The van der Waals surface area contributed by atoms with Crippen molar-refractivity contribution in [2.45, 2.75) is 22.7 Å². The Morgan fingerprint density at radius 1 is 1.08 bits per heavy atom. The van der Waals surface area contributed by atoms with Crippen LogP contribution in [0.15, 0.2) is 53.7 Å². The Morgan fingerprint density at radius 2 is 1.72 bits per heavy atom. The molecule has 0 aliphatic carbocycles. The lowest BCUT2D eigenvalue weighted by Gasteiger charge is -2.20. The zero-order valence-corrected chi connectivity index (χ0v) is 15.6. The highest BCUT2D eigenvalue weighted by molar-refractivity contribution is 7.96. The normalized spacial score (nSPS) is 22.8. The summed E-state index contributed by atoms with van der Waals surface area (Å²) in [5.41, 5.74) is 0.905. The molecule has 1 aliphatic heterocycles. The molecule has 134 valence electrons. The van der Waals surface area contributed by atoms with Crippen LogP contribution in [0.2, 0.25) is 5.02 Å². The summed E-state index contributed by atoms with van der Waals surface area (Å²) in [6.07, 6.45) is 3.26. The molecule has 1 N–H and O–H groups in total. The molecule has 6 nitrogen and oxygen atoms in total. The van der Waals surface area contributed by atoms with Crippen LogP contribution >= 0.6 is 11.6 Å². The lowest BCUT2D eigenvalue weighted by Crippen LogP contribution is -2.43. The van der Waals surface area contributed by atoms with E-state index in [-0.39, 0.29) is 16.4 Å².